The Bertz CT molecular complexity index is 620. The molecule has 0 saturated heterocycles. The topological polar surface area (TPSA) is 41.6 Å². The van der Waals surface area contributed by atoms with E-state index in [1.807, 2.05) is 56.7 Å². The number of methoxy groups -OCH3 is 1. The first-order chi connectivity index (χ1) is 10.5. The van der Waals surface area contributed by atoms with Gasteiger partial charge < -0.3 is 15.0 Å². The number of hydrogen-bond acceptors (Lipinski definition) is 4. The van der Waals surface area contributed by atoms with Gasteiger partial charge in [-0.3, -0.25) is 4.79 Å². The summed E-state index contributed by atoms with van der Waals surface area (Å²) in [5.41, 5.74) is 2.17. The molecule has 0 aliphatic heterocycles. The smallest absolute Gasteiger partial charge is 0.261 e. The van der Waals surface area contributed by atoms with Gasteiger partial charge in [-0.1, -0.05) is 12.1 Å². The normalized spacial score (nSPS) is 12.2. The van der Waals surface area contributed by atoms with Crippen molar-refractivity contribution in [1.82, 2.24) is 10.2 Å². The highest BCUT2D eigenvalue weighted by Crippen LogP contribution is 2.21. The lowest BCUT2D eigenvalue weighted by atomic mass is 10.1. The van der Waals surface area contributed by atoms with Gasteiger partial charge in [0.2, 0.25) is 0 Å². The second-order valence-corrected chi connectivity index (χ2v) is 6.31. The molecule has 1 amide bonds. The number of nitrogens with one attached hydrogen (secondary N) is 1. The maximum absolute atomic E-state index is 12.2. The van der Waals surface area contributed by atoms with Gasteiger partial charge in [0.25, 0.3) is 5.91 Å². The third-order valence-corrected chi connectivity index (χ3v) is 4.66. The largest absolute Gasteiger partial charge is 0.497 e. The third-order valence-electron chi connectivity index (χ3n) is 3.65. The van der Waals surface area contributed by atoms with E-state index in [9.17, 15) is 4.79 Å². The van der Waals surface area contributed by atoms with Crippen LogP contribution in [0.3, 0.4) is 0 Å². The standard InChI is InChI=1S/C17H22N2O2S/c1-12-9-10-22-16(12)17(20)18-11-15(19(2)3)13-5-7-14(21-4)8-6-13/h5-10,15H,11H2,1-4H3,(H,18,20)/t15-/m0/s1. The number of hydrogen-bond donors (Lipinski definition) is 1. The predicted octanol–water partition coefficient (Wildman–Crippen LogP) is 3.10. The van der Waals surface area contributed by atoms with Crippen molar-refractivity contribution in [2.75, 3.05) is 27.7 Å². The Labute approximate surface area is 135 Å². The highest BCUT2D eigenvalue weighted by Gasteiger charge is 2.17. The SMILES string of the molecule is COc1ccc([C@H](CNC(=O)c2sccc2C)N(C)C)cc1. The van der Waals surface area contributed by atoms with E-state index >= 15 is 0 Å². The Morgan fingerprint density at radius 3 is 2.45 bits per heavy atom. The van der Waals surface area contributed by atoms with E-state index in [-0.39, 0.29) is 11.9 Å². The lowest BCUT2D eigenvalue weighted by Crippen LogP contribution is -2.34. The van der Waals surface area contributed by atoms with Crippen LogP contribution >= 0.6 is 11.3 Å². The summed E-state index contributed by atoms with van der Waals surface area (Å²) < 4.78 is 5.19. The molecule has 0 radical (unpaired) electrons. The molecule has 0 bridgehead atoms. The van der Waals surface area contributed by atoms with Crippen LogP contribution in [0.25, 0.3) is 0 Å². The van der Waals surface area contributed by atoms with Crippen LogP contribution in [0.5, 0.6) is 5.75 Å². The molecule has 118 valence electrons. The zero-order chi connectivity index (χ0) is 16.1. The average Bonchev–Trinajstić information content (AvgIpc) is 2.94. The van der Waals surface area contributed by atoms with Crippen molar-refractivity contribution in [3.05, 3.63) is 51.7 Å². The van der Waals surface area contributed by atoms with E-state index in [2.05, 4.69) is 10.2 Å². The van der Waals surface area contributed by atoms with Crippen molar-refractivity contribution in [1.29, 1.82) is 0 Å². The number of carbonyl (C=O) groups is 1. The zero-order valence-electron chi connectivity index (χ0n) is 13.4. The highest BCUT2D eigenvalue weighted by atomic mass is 32.1. The maximum Gasteiger partial charge on any atom is 0.261 e. The van der Waals surface area contributed by atoms with Crippen molar-refractivity contribution >= 4 is 17.2 Å². The molecule has 1 aromatic heterocycles. The average molecular weight is 318 g/mol. The molecule has 1 atom stereocenters. The highest BCUT2D eigenvalue weighted by molar-refractivity contribution is 7.12. The Balaban J connectivity index is 2.05. The second kappa shape index (κ2) is 7.42. The first-order valence-electron chi connectivity index (χ1n) is 7.15. The monoisotopic (exact) mass is 318 g/mol. The fraction of sp³-hybridized carbons (Fsp3) is 0.353. The van der Waals surface area contributed by atoms with Crippen LogP contribution in [-0.2, 0) is 0 Å². The van der Waals surface area contributed by atoms with Crippen LogP contribution in [0.4, 0.5) is 0 Å². The maximum atomic E-state index is 12.2. The summed E-state index contributed by atoms with van der Waals surface area (Å²) in [6, 6.07) is 10.0. The molecule has 0 saturated carbocycles. The molecule has 0 aliphatic rings. The Kier molecular flexibility index (Phi) is 5.57. The third kappa shape index (κ3) is 3.87. The lowest BCUT2D eigenvalue weighted by molar-refractivity contribution is 0.0945. The lowest BCUT2D eigenvalue weighted by Gasteiger charge is -2.25. The molecule has 2 rings (SSSR count). The fourth-order valence-corrected chi connectivity index (χ4v) is 3.14. The van der Waals surface area contributed by atoms with Gasteiger partial charge in [0.15, 0.2) is 0 Å². The summed E-state index contributed by atoms with van der Waals surface area (Å²) in [4.78, 5) is 15.1. The zero-order valence-corrected chi connectivity index (χ0v) is 14.2. The van der Waals surface area contributed by atoms with Gasteiger partial charge in [-0.2, -0.15) is 0 Å². The Morgan fingerprint density at radius 1 is 1.27 bits per heavy atom. The summed E-state index contributed by atoms with van der Waals surface area (Å²) in [6.45, 7) is 2.52. The number of likely N-dealkylation sites (N-methyl/N-ethyl adjacent to an activating group) is 1. The molecule has 1 aromatic carbocycles. The van der Waals surface area contributed by atoms with Gasteiger partial charge in [-0.25, -0.2) is 0 Å². The number of benzene rings is 1. The van der Waals surface area contributed by atoms with Gasteiger partial charge in [0.1, 0.15) is 5.75 Å². The van der Waals surface area contributed by atoms with Crippen LogP contribution in [0.15, 0.2) is 35.7 Å². The quantitative estimate of drug-likeness (QED) is 0.890. The predicted molar refractivity (Wildman–Crippen MR) is 90.8 cm³/mol. The Morgan fingerprint density at radius 2 is 1.95 bits per heavy atom. The molecule has 22 heavy (non-hydrogen) atoms. The molecule has 0 spiro atoms. The molecule has 0 unspecified atom stereocenters. The molecule has 0 fully saturated rings. The van der Waals surface area contributed by atoms with E-state index in [0.717, 1.165) is 21.8 Å². The number of rotatable bonds is 6. The number of nitrogens with zero attached hydrogens (tertiary/aromatic N) is 1. The van der Waals surface area contributed by atoms with E-state index in [1.54, 1.807) is 7.11 Å². The van der Waals surface area contributed by atoms with E-state index in [4.69, 9.17) is 4.74 Å². The van der Waals surface area contributed by atoms with Crippen molar-refractivity contribution in [3.8, 4) is 5.75 Å². The Hall–Kier alpha value is -1.85. The molecule has 1 N–H and O–H groups in total. The molecular weight excluding hydrogens is 296 g/mol. The number of aryl methyl sites for hydroxylation is 1. The minimum atomic E-state index is -0.00661. The number of amides is 1. The molecular formula is C17H22N2O2S. The number of thiophene rings is 1. The first kappa shape index (κ1) is 16.5. The second-order valence-electron chi connectivity index (χ2n) is 5.40. The van der Waals surface area contributed by atoms with E-state index in [0.29, 0.717) is 6.54 Å². The minimum absolute atomic E-state index is 0.00661. The van der Waals surface area contributed by atoms with E-state index in [1.165, 1.54) is 11.3 Å². The van der Waals surface area contributed by atoms with E-state index < -0.39 is 0 Å². The number of ether oxygens (including phenoxy) is 1. The molecule has 0 aliphatic carbocycles. The van der Waals surface area contributed by atoms with Crippen LogP contribution in [0.1, 0.15) is 26.8 Å². The van der Waals surface area contributed by atoms with Crippen molar-refractivity contribution in [2.45, 2.75) is 13.0 Å². The molecule has 2 aromatic rings. The minimum Gasteiger partial charge on any atom is -0.497 e. The summed E-state index contributed by atoms with van der Waals surface area (Å²) in [5, 5.41) is 4.97. The van der Waals surface area contributed by atoms with Gasteiger partial charge in [-0.05, 0) is 55.7 Å². The van der Waals surface area contributed by atoms with Crippen LogP contribution < -0.4 is 10.1 Å². The van der Waals surface area contributed by atoms with Gasteiger partial charge in [-0.15, -0.1) is 11.3 Å². The number of carbonyl (C=O) groups excluding carboxylic acids is 1. The van der Waals surface area contributed by atoms with Crippen molar-refractivity contribution in [3.63, 3.8) is 0 Å². The van der Waals surface area contributed by atoms with Crippen LogP contribution in [0.2, 0.25) is 0 Å². The van der Waals surface area contributed by atoms with Crippen LogP contribution in [-0.4, -0.2) is 38.6 Å². The summed E-state index contributed by atoms with van der Waals surface area (Å²) in [5.74, 6) is 0.826. The molecule has 4 nitrogen and oxygen atoms in total. The summed E-state index contributed by atoms with van der Waals surface area (Å²) in [7, 11) is 5.68. The summed E-state index contributed by atoms with van der Waals surface area (Å²) in [6.07, 6.45) is 0. The first-order valence-corrected chi connectivity index (χ1v) is 8.03. The van der Waals surface area contributed by atoms with Crippen LogP contribution in [0, 0.1) is 6.92 Å². The fourth-order valence-electron chi connectivity index (χ4n) is 2.30. The summed E-state index contributed by atoms with van der Waals surface area (Å²) >= 11 is 1.48. The molecule has 5 heteroatoms. The van der Waals surface area contributed by atoms with Gasteiger partial charge in [0.05, 0.1) is 18.0 Å². The van der Waals surface area contributed by atoms with Gasteiger partial charge >= 0.3 is 0 Å². The van der Waals surface area contributed by atoms with Crippen molar-refractivity contribution in [2.24, 2.45) is 0 Å². The molecule has 1 heterocycles. The van der Waals surface area contributed by atoms with Crippen molar-refractivity contribution < 1.29 is 9.53 Å². The van der Waals surface area contributed by atoms with Gasteiger partial charge in [0, 0.05) is 6.54 Å².